The minimum absolute atomic E-state index is 0.140. The van der Waals surface area contributed by atoms with Crippen LogP contribution < -0.4 is 16.0 Å². The average molecular weight is 337 g/mol. The Kier molecular flexibility index (Phi) is 4.52. The van der Waals surface area contributed by atoms with Crippen molar-refractivity contribution in [1.29, 1.82) is 0 Å². The van der Waals surface area contributed by atoms with Gasteiger partial charge >= 0.3 is 0 Å². The van der Waals surface area contributed by atoms with E-state index in [4.69, 9.17) is 0 Å². The van der Waals surface area contributed by atoms with Gasteiger partial charge in [0.2, 0.25) is 11.8 Å². The standard InChI is InChI=1S/C19H19N3O3/c1-11-7-12(2)9-13(8-11)20-17(23)10-16-19(25)21-15-6-4-3-5-14(15)18(24)22-16/h3-9,16H,10H2,1-2H3,(H,20,23)(H,21,25)(H,22,24)/t16-/m0/s1. The van der Waals surface area contributed by atoms with Crippen molar-refractivity contribution in [2.45, 2.75) is 26.3 Å². The number of para-hydroxylation sites is 1. The first kappa shape index (κ1) is 16.7. The molecule has 0 saturated heterocycles. The molecule has 1 aliphatic heterocycles. The lowest BCUT2D eigenvalue weighted by Crippen LogP contribution is -2.43. The van der Waals surface area contributed by atoms with Gasteiger partial charge in [-0.15, -0.1) is 0 Å². The van der Waals surface area contributed by atoms with Crippen molar-refractivity contribution >= 4 is 29.1 Å². The highest BCUT2D eigenvalue weighted by Gasteiger charge is 2.29. The molecule has 0 aromatic heterocycles. The lowest BCUT2D eigenvalue weighted by atomic mass is 10.1. The van der Waals surface area contributed by atoms with E-state index >= 15 is 0 Å². The second kappa shape index (κ2) is 6.76. The first-order valence-corrected chi connectivity index (χ1v) is 8.01. The van der Waals surface area contributed by atoms with Crippen LogP contribution in [-0.2, 0) is 9.59 Å². The van der Waals surface area contributed by atoms with Crippen LogP contribution in [0.4, 0.5) is 11.4 Å². The van der Waals surface area contributed by atoms with Gasteiger partial charge in [0.25, 0.3) is 5.91 Å². The number of aryl methyl sites for hydroxylation is 2. The van der Waals surface area contributed by atoms with Crippen molar-refractivity contribution < 1.29 is 14.4 Å². The van der Waals surface area contributed by atoms with Crippen molar-refractivity contribution in [2.75, 3.05) is 10.6 Å². The van der Waals surface area contributed by atoms with Crippen LogP contribution in [0.5, 0.6) is 0 Å². The SMILES string of the molecule is Cc1cc(C)cc(NC(=O)C[C@@H]2NC(=O)c3ccccc3NC2=O)c1. The van der Waals surface area contributed by atoms with E-state index in [1.54, 1.807) is 24.3 Å². The average Bonchev–Trinajstić information content (AvgIpc) is 2.64. The molecule has 6 nitrogen and oxygen atoms in total. The van der Waals surface area contributed by atoms with Gasteiger partial charge in [-0.1, -0.05) is 18.2 Å². The minimum atomic E-state index is -0.925. The third-order valence-corrected chi connectivity index (χ3v) is 3.95. The molecular weight excluding hydrogens is 318 g/mol. The number of carbonyl (C=O) groups excluding carboxylic acids is 3. The summed E-state index contributed by atoms with van der Waals surface area (Å²) >= 11 is 0. The normalized spacial score (nSPS) is 16.3. The van der Waals surface area contributed by atoms with E-state index in [2.05, 4.69) is 16.0 Å². The molecular formula is C19H19N3O3. The summed E-state index contributed by atoms with van der Waals surface area (Å²) < 4.78 is 0. The molecule has 0 saturated carbocycles. The van der Waals surface area contributed by atoms with E-state index in [-0.39, 0.29) is 18.2 Å². The Morgan fingerprint density at radius 3 is 2.48 bits per heavy atom. The van der Waals surface area contributed by atoms with Crippen molar-refractivity contribution in [3.63, 3.8) is 0 Å². The molecule has 0 radical (unpaired) electrons. The largest absolute Gasteiger partial charge is 0.340 e. The van der Waals surface area contributed by atoms with Gasteiger partial charge in [0.05, 0.1) is 17.7 Å². The van der Waals surface area contributed by atoms with E-state index in [1.165, 1.54) is 0 Å². The zero-order chi connectivity index (χ0) is 18.0. The maximum absolute atomic E-state index is 12.3. The number of hydrogen-bond donors (Lipinski definition) is 3. The number of fused-ring (bicyclic) bond motifs is 1. The van der Waals surface area contributed by atoms with Crippen LogP contribution in [0, 0.1) is 13.8 Å². The van der Waals surface area contributed by atoms with Gasteiger partial charge in [-0.3, -0.25) is 14.4 Å². The molecule has 2 aromatic rings. The highest BCUT2D eigenvalue weighted by Crippen LogP contribution is 2.19. The summed E-state index contributed by atoms with van der Waals surface area (Å²) in [5.41, 5.74) is 3.57. The zero-order valence-corrected chi connectivity index (χ0v) is 14.1. The molecule has 3 rings (SSSR count). The maximum Gasteiger partial charge on any atom is 0.254 e. The quantitative estimate of drug-likeness (QED) is 0.803. The van der Waals surface area contributed by atoms with Gasteiger partial charge < -0.3 is 16.0 Å². The fourth-order valence-electron chi connectivity index (χ4n) is 2.90. The lowest BCUT2D eigenvalue weighted by molar-refractivity contribution is -0.122. The number of anilines is 2. The van der Waals surface area contributed by atoms with E-state index in [0.29, 0.717) is 16.9 Å². The predicted octanol–water partition coefficient (Wildman–Crippen LogP) is 2.38. The Hall–Kier alpha value is -3.15. The Morgan fingerprint density at radius 1 is 1.08 bits per heavy atom. The van der Waals surface area contributed by atoms with Crippen molar-refractivity contribution in [1.82, 2.24) is 5.32 Å². The highest BCUT2D eigenvalue weighted by molar-refractivity contribution is 6.11. The van der Waals surface area contributed by atoms with Crippen LogP contribution in [0.15, 0.2) is 42.5 Å². The highest BCUT2D eigenvalue weighted by atomic mass is 16.2. The zero-order valence-electron chi connectivity index (χ0n) is 14.1. The topological polar surface area (TPSA) is 87.3 Å². The Labute approximate surface area is 145 Å². The monoisotopic (exact) mass is 337 g/mol. The molecule has 0 unspecified atom stereocenters. The summed E-state index contributed by atoms with van der Waals surface area (Å²) in [6.07, 6.45) is -0.140. The van der Waals surface area contributed by atoms with Crippen LogP contribution in [0.25, 0.3) is 0 Å². The lowest BCUT2D eigenvalue weighted by Gasteiger charge is -2.15. The fraction of sp³-hybridized carbons (Fsp3) is 0.211. The van der Waals surface area contributed by atoms with Gasteiger partial charge in [-0.25, -0.2) is 0 Å². The van der Waals surface area contributed by atoms with Gasteiger partial charge in [0.15, 0.2) is 0 Å². The molecule has 2 aromatic carbocycles. The summed E-state index contributed by atoms with van der Waals surface area (Å²) in [7, 11) is 0. The fourth-order valence-corrected chi connectivity index (χ4v) is 2.90. The molecule has 6 heteroatoms. The molecule has 1 atom stereocenters. The third-order valence-electron chi connectivity index (χ3n) is 3.95. The Balaban J connectivity index is 1.71. The second-order valence-corrected chi connectivity index (χ2v) is 6.19. The minimum Gasteiger partial charge on any atom is -0.340 e. The van der Waals surface area contributed by atoms with Crippen LogP contribution in [-0.4, -0.2) is 23.8 Å². The van der Waals surface area contributed by atoms with Crippen LogP contribution >= 0.6 is 0 Å². The predicted molar refractivity (Wildman–Crippen MR) is 95.5 cm³/mol. The summed E-state index contributed by atoms with van der Waals surface area (Å²) in [6.45, 7) is 3.89. The molecule has 0 spiro atoms. The van der Waals surface area contributed by atoms with Crippen molar-refractivity contribution in [2.24, 2.45) is 0 Å². The summed E-state index contributed by atoms with van der Waals surface area (Å²) in [4.78, 5) is 36.9. The number of amides is 3. The molecule has 1 aliphatic rings. The molecule has 0 fully saturated rings. The van der Waals surface area contributed by atoms with E-state index in [9.17, 15) is 14.4 Å². The number of hydrogen-bond acceptors (Lipinski definition) is 3. The third kappa shape index (κ3) is 3.85. The first-order chi connectivity index (χ1) is 11.9. The summed E-state index contributed by atoms with van der Waals surface area (Å²) in [5.74, 6) is -1.12. The maximum atomic E-state index is 12.3. The Morgan fingerprint density at radius 2 is 1.76 bits per heavy atom. The Bertz CT molecular complexity index is 840. The first-order valence-electron chi connectivity index (χ1n) is 8.01. The van der Waals surface area contributed by atoms with Crippen LogP contribution in [0.3, 0.4) is 0 Å². The number of rotatable bonds is 3. The van der Waals surface area contributed by atoms with E-state index < -0.39 is 11.9 Å². The van der Waals surface area contributed by atoms with E-state index in [1.807, 2.05) is 32.0 Å². The van der Waals surface area contributed by atoms with Gasteiger partial charge in [-0.05, 0) is 49.2 Å². The van der Waals surface area contributed by atoms with E-state index in [0.717, 1.165) is 11.1 Å². The molecule has 0 bridgehead atoms. The van der Waals surface area contributed by atoms with Crippen molar-refractivity contribution in [3.8, 4) is 0 Å². The molecule has 1 heterocycles. The number of carbonyl (C=O) groups is 3. The molecule has 3 amide bonds. The number of nitrogens with one attached hydrogen (secondary N) is 3. The molecule has 128 valence electrons. The van der Waals surface area contributed by atoms with Crippen LogP contribution in [0.2, 0.25) is 0 Å². The van der Waals surface area contributed by atoms with Gasteiger partial charge in [0, 0.05) is 5.69 Å². The summed E-state index contributed by atoms with van der Waals surface area (Å²) in [5, 5.41) is 8.08. The molecule has 0 aliphatic carbocycles. The molecule has 3 N–H and O–H groups in total. The van der Waals surface area contributed by atoms with Gasteiger partial charge in [-0.2, -0.15) is 0 Å². The van der Waals surface area contributed by atoms with Crippen LogP contribution in [0.1, 0.15) is 27.9 Å². The van der Waals surface area contributed by atoms with Gasteiger partial charge in [0.1, 0.15) is 6.04 Å². The second-order valence-electron chi connectivity index (χ2n) is 6.19. The summed E-state index contributed by atoms with van der Waals surface area (Å²) in [6, 6.07) is 11.5. The smallest absolute Gasteiger partial charge is 0.254 e. The van der Waals surface area contributed by atoms with Crippen molar-refractivity contribution in [3.05, 3.63) is 59.2 Å². The molecule has 25 heavy (non-hydrogen) atoms. The number of benzene rings is 2.